The molecule has 1 saturated carbocycles. The van der Waals surface area contributed by atoms with Crippen molar-refractivity contribution in [3.8, 4) is 11.3 Å². The maximum Gasteiger partial charge on any atom is 0.248 e. The molecule has 2 bridgehead atoms. The lowest BCUT2D eigenvalue weighted by molar-refractivity contribution is -0.138. The number of hydrogen-bond acceptors (Lipinski definition) is 10. The second-order valence-corrected chi connectivity index (χ2v) is 14.3. The number of nitrogens with zero attached hydrogens (tertiary/aromatic N) is 8. The van der Waals surface area contributed by atoms with E-state index in [1.54, 1.807) is 36.5 Å². The minimum atomic E-state index is -0.656. The molecular weight excluding hydrogens is 666 g/mol. The highest BCUT2D eigenvalue weighted by Gasteiger charge is 2.64. The fraction of sp³-hybridized carbons (Fsp3) is 0.455. The van der Waals surface area contributed by atoms with Crippen LogP contribution in [0.3, 0.4) is 0 Å². The van der Waals surface area contributed by atoms with Crippen molar-refractivity contribution in [1.82, 2.24) is 39.5 Å². The predicted molar refractivity (Wildman–Crippen MR) is 174 cm³/mol. The molecule has 3 saturated heterocycles. The van der Waals surface area contributed by atoms with Crippen LogP contribution < -0.4 is 5.32 Å². The minimum Gasteiger partial charge on any atom is -0.375 e. The number of carbonyl (C=O) groups excluding carboxylic acids is 3. The van der Waals surface area contributed by atoms with Gasteiger partial charge in [0.15, 0.2) is 5.78 Å². The van der Waals surface area contributed by atoms with Gasteiger partial charge in [-0.25, -0.2) is 15.0 Å². The number of pyridine rings is 2. The molecule has 0 spiro atoms. The number of fused-ring (bicyclic) bond motifs is 4. The van der Waals surface area contributed by atoms with Gasteiger partial charge >= 0.3 is 0 Å². The molecule has 242 valence electrons. The Morgan fingerprint density at radius 3 is 2.66 bits per heavy atom. The van der Waals surface area contributed by atoms with E-state index in [1.165, 1.54) is 11.6 Å². The number of carbonyl (C=O) groups is 3. The standard InChI is InChI=1S/C33H34BrN9O4/c1-17(44)30-23-7-24(20-10-35-18(2)36-11-20)37-12-26(23)42(40-30)15-29(45)43-25(8-33(3)9-27(33)43)32(46)39-31-19(4-5-28(34)38-31)13-41-14-22-6-21(41)16-47-22/h4-5,7,10-12,21-22,25,27H,6,8-9,13-16H2,1-3H3,(H,38,39,46)/t21?,22?,25-,27?,33-/m0/s1. The summed E-state index contributed by atoms with van der Waals surface area (Å²) in [5, 5.41) is 8.21. The molecule has 8 rings (SSSR count). The molecule has 3 unspecified atom stereocenters. The van der Waals surface area contributed by atoms with Crippen molar-refractivity contribution >= 4 is 50.2 Å². The van der Waals surface area contributed by atoms with E-state index in [9.17, 15) is 14.4 Å². The van der Waals surface area contributed by atoms with Crippen molar-refractivity contribution in [3.63, 3.8) is 0 Å². The summed E-state index contributed by atoms with van der Waals surface area (Å²) in [7, 11) is 0. The Labute approximate surface area is 279 Å². The number of ether oxygens (including phenoxy) is 1. The highest BCUT2D eigenvalue weighted by Crippen LogP contribution is 2.59. The Morgan fingerprint density at radius 2 is 1.94 bits per heavy atom. The molecule has 3 aliphatic heterocycles. The normalized spacial score (nSPS) is 26.2. The summed E-state index contributed by atoms with van der Waals surface area (Å²) in [4.78, 5) is 62.4. The SMILES string of the molecule is CC(=O)c1nn(CC(=O)N2C3C[C@]3(C)C[C@H]2C(=O)Nc2nc(Br)ccc2CN2CC3CC2CO3)c2cnc(-c3cnc(C)nc3)cc12. The highest BCUT2D eigenvalue weighted by atomic mass is 79.9. The molecule has 1 aliphatic carbocycles. The van der Waals surface area contributed by atoms with Crippen molar-refractivity contribution in [2.24, 2.45) is 5.41 Å². The van der Waals surface area contributed by atoms with Crippen LogP contribution in [0.4, 0.5) is 5.82 Å². The van der Waals surface area contributed by atoms with Gasteiger partial charge in [0, 0.05) is 61.0 Å². The summed E-state index contributed by atoms with van der Waals surface area (Å²) in [5.41, 5.74) is 2.92. The van der Waals surface area contributed by atoms with E-state index in [-0.39, 0.29) is 47.4 Å². The molecule has 7 heterocycles. The third-order valence-electron chi connectivity index (χ3n) is 10.1. The summed E-state index contributed by atoms with van der Waals surface area (Å²) in [6, 6.07) is 5.32. The Kier molecular flexibility index (Phi) is 7.22. The number of ketones is 1. The number of aryl methyl sites for hydroxylation is 1. The molecule has 4 aliphatic rings. The van der Waals surface area contributed by atoms with E-state index in [1.807, 2.05) is 12.1 Å². The number of nitrogens with one attached hydrogen (secondary N) is 1. The fourth-order valence-corrected chi connectivity index (χ4v) is 7.81. The molecule has 0 aromatic carbocycles. The Bertz CT molecular complexity index is 1950. The second kappa shape index (κ2) is 11.2. The smallest absolute Gasteiger partial charge is 0.248 e. The number of morpholine rings is 1. The summed E-state index contributed by atoms with van der Waals surface area (Å²) in [6.45, 7) is 7.50. The van der Waals surface area contributed by atoms with E-state index in [2.05, 4.69) is 58.1 Å². The summed E-state index contributed by atoms with van der Waals surface area (Å²) >= 11 is 3.46. The van der Waals surface area contributed by atoms with Crippen LogP contribution in [0.25, 0.3) is 22.2 Å². The van der Waals surface area contributed by atoms with Gasteiger partial charge < -0.3 is 15.0 Å². The van der Waals surface area contributed by atoms with Gasteiger partial charge in [-0.2, -0.15) is 5.10 Å². The van der Waals surface area contributed by atoms with Crippen molar-refractivity contribution in [2.45, 2.75) is 77.4 Å². The first-order valence-electron chi connectivity index (χ1n) is 15.9. The fourth-order valence-electron chi connectivity index (χ4n) is 7.50. The number of anilines is 1. The number of hydrogen-bond donors (Lipinski definition) is 1. The molecule has 47 heavy (non-hydrogen) atoms. The van der Waals surface area contributed by atoms with Crippen LogP contribution in [0.1, 0.15) is 55.0 Å². The van der Waals surface area contributed by atoms with Crippen LogP contribution in [0, 0.1) is 12.3 Å². The van der Waals surface area contributed by atoms with E-state index >= 15 is 0 Å². The first-order valence-corrected chi connectivity index (χ1v) is 16.7. The molecule has 1 N–H and O–H groups in total. The van der Waals surface area contributed by atoms with E-state index < -0.39 is 6.04 Å². The van der Waals surface area contributed by atoms with Gasteiger partial charge in [-0.15, -0.1) is 0 Å². The minimum absolute atomic E-state index is 0.0405. The molecule has 4 fully saturated rings. The summed E-state index contributed by atoms with van der Waals surface area (Å²) in [6.07, 6.45) is 7.68. The first-order chi connectivity index (χ1) is 22.6. The topological polar surface area (TPSA) is 148 Å². The van der Waals surface area contributed by atoms with Gasteiger partial charge in [0.05, 0.1) is 30.1 Å². The quantitative estimate of drug-likeness (QED) is 0.214. The monoisotopic (exact) mass is 699 g/mol. The van der Waals surface area contributed by atoms with Gasteiger partial charge in [-0.3, -0.25) is 28.9 Å². The Morgan fingerprint density at radius 1 is 1.13 bits per heavy atom. The van der Waals surface area contributed by atoms with Crippen LogP contribution in [0.2, 0.25) is 0 Å². The molecule has 14 heteroatoms. The molecule has 2 amide bonds. The average molecular weight is 701 g/mol. The van der Waals surface area contributed by atoms with Gasteiger partial charge in [0.25, 0.3) is 0 Å². The third kappa shape index (κ3) is 5.41. The maximum atomic E-state index is 14.1. The van der Waals surface area contributed by atoms with Crippen molar-refractivity contribution < 1.29 is 19.1 Å². The lowest BCUT2D eigenvalue weighted by Crippen LogP contribution is -2.47. The van der Waals surface area contributed by atoms with Gasteiger partial charge in [-0.05, 0) is 59.7 Å². The summed E-state index contributed by atoms with van der Waals surface area (Å²) in [5.74, 6) is 0.423. The zero-order chi connectivity index (χ0) is 32.6. The molecule has 4 aromatic heterocycles. The first kappa shape index (κ1) is 30.2. The molecule has 5 atom stereocenters. The second-order valence-electron chi connectivity index (χ2n) is 13.5. The average Bonchev–Trinajstić information content (AvgIpc) is 3.50. The van der Waals surface area contributed by atoms with Crippen LogP contribution in [0.5, 0.6) is 0 Å². The van der Waals surface area contributed by atoms with Crippen LogP contribution >= 0.6 is 15.9 Å². The van der Waals surface area contributed by atoms with E-state index in [0.29, 0.717) is 57.4 Å². The van der Waals surface area contributed by atoms with Crippen LogP contribution in [-0.2, 0) is 27.4 Å². The number of likely N-dealkylation sites (tertiary alicyclic amines) is 2. The lowest BCUT2D eigenvalue weighted by Gasteiger charge is -2.28. The number of amides is 2. The van der Waals surface area contributed by atoms with Crippen LogP contribution in [0.15, 0.2) is 41.4 Å². The number of piperidine rings is 1. The van der Waals surface area contributed by atoms with Crippen molar-refractivity contribution in [2.75, 3.05) is 18.5 Å². The third-order valence-corrected chi connectivity index (χ3v) is 10.6. The van der Waals surface area contributed by atoms with Gasteiger partial charge in [0.1, 0.15) is 34.5 Å². The number of rotatable bonds is 8. The Balaban J connectivity index is 1.04. The zero-order valence-electron chi connectivity index (χ0n) is 26.3. The predicted octanol–water partition coefficient (Wildman–Crippen LogP) is 3.55. The van der Waals surface area contributed by atoms with E-state index in [0.717, 1.165) is 31.6 Å². The molecule has 0 radical (unpaired) electrons. The highest BCUT2D eigenvalue weighted by molar-refractivity contribution is 9.10. The largest absolute Gasteiger partial charge is 0.375 e. The van der Waals surface area contributed by atoms with Crippen LogP contribution in [-0.4, -0.2) is 94.5 Å². The van der Waals surface area contributed by atoms with E-state index in [4.69, 9.17) is 4.74 Å². The zero-order valence-corrected chi connectivity index (χ0v) is 27.9. The molecule has 13 nitrogen and oxygen atoms in total. The number of halogens is 1. The number of aromatic nitrogens is 6. The lowest BCUT2D eigenvalue weighted by atomic mass is 10.0. The van der Waals surface area contributed by atoms with Crippen molar-refractivity contribution in [3.05, 3.63) is 58.5 Å². The van der Waals surface area contributed by atoms with Gasteiger partial charge in [-0.1, -0.05) is 13.0 Å². The summed E-state index contributed by atoms with van der Waals surface area (Å²) < 4.78 is 7.90. The Hall–Kier alpha value is -4.14. The number of Topliss-reactive ketones (excluding diaryl/α,β-unsaturated/α-hetero) is 1. The maximum absolute atomic E-state index is 14.1. The van der Waals surface area contributed by atoms with Gasteiger partial charge in [0.2, 0.25) is 11.8 Å². The molecular formula is C33H34BrN9O4. The van der Waals surface area contributed by atoms with Crippen molar-refractivity contribution in [1.29, 1.82) is 0 Å². The molecule has 4 aromatic rings.